The minimum atomic E-state index is -0.537. The zero-order valence-electron chi connectivity index (χ0n) is 17.9. The van der Waals surface area contributed by atoms with E-state index in [4.69, 9.17) is 5.73 Å². The fourth-order valence-electron chi connectivity index (χ4n) is 4.26. The smallest absolute Gasteiger partial charge is 0.257 e. The van der Waals surface area contributed by atoms with Crippen molar-refractivity contribution in [1.82, 2.24) is 14.9 Å². The Kier molecular flexibility index (Phi) is 5.84. The average molecular weight is 418 g/mol. The van der Waals surface area contributed by atoms with Crippen molar-refractivity contribution in [1.29, 1.82) is 0 Å². The molecule has 0 aliphatic carbocycles. The molecule has 160 valence electrons. The van der Waals surface area contributed by atoms with Crippen molar-refractivity contribution >= 4 is 34.2 Å². The Labute approximate surface area is 181 Å². The van der Waals surface area contributed by atoms with Gasteiger partial charge in [-0.1, -0.05) is 19.1 Å². The predicted octanol–water partition coefficient (Wildman–Crippen LogP) is 4.19. The zero-order valence-corrected chi connectivity index (χ0v) is 17.9. The van der Waals surface area contributed by atoms with Gasteiger partial charge in [-0.15, -0.1) is 0 Å². The number of para-hydroxylation sites is 1. The Bertz CT molecular complexity index is 1140. The summed E-state index contributed by atoms with van der Waals surface area (Å²) in [4.78, 5) is 36.5. The molecular formula is C24H27N5O2. The first kappa shape index (κ1) is 20.8. The molecule has 31 heavy (non-hydrogen) atoms. The highest BCUT2D eigenvalue weighted by molar-refractivity contribution is 6.09. The number of nitrogens with two attached hydrogens (primary N) is 1. The zero-order chi connectivity index (χ0) is 22.0. The van der Waals surface area contributed by atoms with Gasteiger partial charge in [-0.2, -0.15) is 0 Å². The number of aromatic nitrogens is 2. The van der Waals surface area contributed by atoms with E-state index in [9.17, 15) is 9.59 Å². The third-order valence-corrected chi connectivity index (χ3v) is 5.91. The lowest BCUT2D eigenvalue weighted by atomic mass is 9.98. The van der Waals surface area contributed by atoms with Gasteiger partial charge in [0.15, 0.2) is 5.65 Å². The van der Waals surface area contributed by atoms with Gasteiger partial charge in [0.25, 0.3) is 11.8 Å². The van der Waals surface area contributed by atoms with Crippen molar-refractivity contribution in [2.24, 2.45) is 5.73 Å². The van der Waals surface area contributed by atoms with Crippen molar-refractivity contribution in [3.05, 3.63) is 59.4 Å². The van der Waals surface area contributed by atoms with E-state index < -0.39 is 5.91 Å². The molecule has 0 radical (unpaired) electrons. The first-order valence-electron chi connectivity index (χ1n) is 10.7. The van der Waals surface area contributed by atoms with E-state index in [-0.39, 0.29) is 11.9 Å². The van der Waals surface area contributed by atoms with E-state index in [1.807, 2.05) is 30.0 Å². The molecular weight excluding hydrogens is 390 g/mol. The summed E-state index contributed by atoms with van der Waals surface area (Å²) >= 11 is 0. The number of nitrogens with one attached hydrogen (secondary N) is 1. The van der Waals surface area contributed by atoms with Crippen molar-refractivity contribution in [3.8, 4) is 0 Å². The number of benzene rings is 1. The Hall–Kier alpha value is -3.48. The van der Waals surface area contributed by atoms with E-state index >= 15 is 0 Å². The van der Waals surface area contributed by atoms with Gasteiger partial charge in [-0.25, -0.2) is 9.97 Å². The highest BCUT2D eigenvalue weighted by Crippen LogP contribution is 2.32. The fourth-order valence-corrected chi connectivity index (χ4v) is 4.26. The van der Waals surface area contributed by atoms with Crippen LogP contribution in [0.15, 0.2) is 42.6 Å². The van der Waals surface area contributed by atoms with Crippen LogP contribution in [0.1, 0.15) is 59.0 Å². The molecule has 1 aromatic carbocycles. The second-order valence-electron chi connectivity index (χ2n) is 7.96. The second kappa shape index (κ2) is 8.71. The number of anilines is 2. The van der Waals surface area contributed by atoms with Crippen LogP contribution < -0.4 is 11.1 Å². The van der Waals surface area contributed by atoms with E-state index in [0.29, 0.717) is 28.1 Å². The molecule has 1 aliphatic heterocycles. The molecule has 3 heterocycles. The lowest BCUT2D eigenvalue weighted by Gasteiger charge is -2.35. The van der Waals surface area contributed by atoms with Crippen LogP contribution in [0.5, 0.6) is 0 Å². The normalized spacial score (nSPS) is 16.3. The maximum absolute atomic E-state index is 13.6. The molecule has 1 atom stereocenters. The number of piperidine rings is 1. The minimum Gasteiger partial charge on any atom is -0.366 e. The molecule has 0 unspecified atom stereocenters. The number of pyridine rings is 2. The first-order chi connectivity index (χ1) is 15.0. The number of primary amides is 1. The molecule has 1 fully saturated rings. The number of amides is 2. The third-order valence-electron chi connectivity index (χ3n) is 5.91. The highest BCUT2D eigenvalue weighted by Gasteiger charge is 2.29. The Morgan fingerprint density at radius 3 is 2.74 bits per heavy atom. The minimum absolute atomic E-state index is 0.0550. The Balaban J connectivity index is 1.85. The van der Waals surface area contributed by atoms with Crippen LogP contribution in [0.4, 0.5) is 11.4 Å². The van der Waals surface area contributed by atoms with Crippen molar-refractivity contribution in [3.63, 3.8) is 0 Å². The van der Waals surface area contributed by atoms with Gasteiger partial charge in [-0.05, 0) is 56.9 Å². The quantitative estimate of drug-likeness (QED) is 0.648. The number of hydrogen-bond acceptors (Lipinski definition) is 5. The summed E-state index contributed by atoms with van der Waals surface area (Å²) in [6.45, 7) is 4.75. The van der Waals surface area contributed by atoms with Crippen molar-refractivity contribution in [2.75, 3.05) is 11.9 Å². The fraction of sp³-hybridized carbons (Fsp3) is 0.333. The number of aryl methyl sites for hydroxylation is 1. The van der Waals surface area contributed by atoms with Gasteiger partial charge in [0, 0.05) is 29.9 Å². The number of carbonyl (C=O) groups is 2. The first-order valence-corrected chi connectivity index (χ1v) is 10.7. The van der Waals surface area contributed by atoms with Crippen LogP contribution in [-0.4, -0.2) is 39.3 Å². The molecule has 4 rings (SSSR count). The largest absolute Gasteiger partial charge is 0.366 e. The molecule has 0 spiro atoms. The van der Waals surface area contributed by atoms with Crippen LogP contribution in [0.25, 0.3) is 11.0 Å². The molecule has 3 aromatic rings. The predicted molar refractivity (Wildman–Crippen MR) is 121 cm³/mol. The number of hydrogen-bond donors (Lipinski definition) is 2. The van der Waals surface area contributed by atoms with Gasteiger partial charge in [0.1, 0.15) is 0 Å². The van der Waals surface area contributed by atoms with Crippen LogP contribution in [0.2, 0.25) is 0 Å². The molecule has 0 saturated carbocycles. The summed E-state index contributed by atoms with van der Waals surface area (Å²) in [6, 6.07) is 11.0. The van der Waals surface area contributed by atoms with Gasteiger partial charge in [0.2, 0.25) is 0 Å². The van der Waals surface area contributed by atoms with Crippen LogP contribution in [0.3, 0.4) is 0 Å². The SMILES string of the molecule is CC[C@@H]1CCCCN1C(=O)c1cnc2nc(C)ccc2c1Nc1ccccc1C(N)=O. The number of nitrogens with zero attached hydrogens (tertiary/aromatic N) is 3. The summed E-state index contributed by atoms with van der Waals surface area (Å²) in [6.07, 6.45) is 5.65. The van der Waals surface area contributed by atoms with Crippen molar-refractivity contribution in [2.45, 2.75) is 45.6 Å². The number of fused-ring (bicyclic) bond motifs is 1. The van der Waals surface area contributed by atoms with Crippen LogP contribution >= 0.6 is 0 Å². The van der Waals surface area contributed by atoms with Crippen LogP contribution in [0, 0.1) is 6.92 Å². The summed E-state index contributed by atoms with van der Waals surface area (Å²) in [5.41, 5.74) is 8.92. The Morgan fingerprint density at radius 1 is 1.16 bits per heavy atom. The van der Waals surface area contributed by atoms with Crippen molar-refractivity contribution < 1.29 is 9.59 Å². The highest BCUT2D eigenvalue weighted by atomic mass is 16.2. The standard InChI is InChI=1S/C24H27N5O2/c1-3-16-8-6-7-13-29(16)24(31)19-14-26-23-18(12-11-15(2)27-23)21(19)28-20-10-5-4-9-17(20)22(25)30/h4-5,9-12,14,16H,3,6-8,13H2,1-2H3,(H2,25,30)(H,26,27,28)/t16-/m1/s1. The third kappa shape index (κ3) is 4.08. The van der Waals surface area contributed by atoms with E-state index in [1.54, 1.807) is 24.4 Å². The molecule has 7 nitrogen and oxygen atoms in total. The van der Waals surface area contributed by atoms with E-state index in [2.05, 4.69) is 22.2 Å². The molecule has 7 heteroatoms. The maximum atomic E-state index is 13.6. The molecule has 0 bridgehead atoms. The summed E-state index contributed by atoms with van der Waals surface area (Å²) in [7, 11) is 0. The average Bonchev–Trinajstić information content (AvgIpc) is 2.78. The molecule has 1 saturated heterocycles. The van der Waals surface area contributed by atoms with E-state index in [0.717, 1.165) is 43.3 Å². The number of rotatable bonds is 5. The molecule has 2 amide bonds. The number of carbonyl (C=O) groups excluding carboxylic acids is 2. The van der Waals surface area contributed by atoms with E-state index in [1.165, 1.54) is 0 Å². The Morgan fingerprint density at radius 2 is 1.97 bits per heavy atom. The second-order valence-corrected chi connectivity index (χ2v) is 7.96. The lowest BCUT2D eigenvalue weighted by molar-refractivity contribution is 0.0608. The van der Waals surface area contributed by atoms with Gasteiger partial charge in [-0.3, -0.25) is 9.59 Å². The molecule has 3 N–H and O–H groups in total. The number of likely N-dealkylation sites (tertiary alicyclic amines) is 1. The van der Waals surface area contributed by atoms with Gasteiger partial charge < -0.3 is 16.0 Å². The monoisotopic (exact) mass is 417 g/mol. The summed E-state index contributed by atoms with van der Waals surface area (Å²) in [5, 5.41) is 4.03. The van der Waals surface area contributed by atoms with Crippen LogP contribution in [-0.2, 0) is 0 Å². The lowest BCUT2D eigenvalue weighted by Crippen LogP contribution is -2.43. The molecule has 1 aliphatic rings. The topological polar surface area (TPSA) is 101 Å². The summed E-state index contributed by atoms with van der Waals surface area (Å²) < 4.78 is 0. The molecule has 2 aromatic heterocycles. The maximum Gasteiger partial charge on any atom is 0.257 e. The van der Waals surface area contributed by atoms with Gasteiger partial charge >= 0.3 is 0 Å². The summed E-state index contributed by atoms with van der Waals surface area (Å²) in [5.74, 6) is -0.592. The van der Waals surface area contributed by atoms with Gasteiger partial charge in [0.05, 0.1) is 22.5 Å².